The van der Waals surface area contributed by atoms with Crippen molar-refractivity contribution in [2.75, 3.05) is 19.0 Å². The fraction of sp³-hybridized carbons (Fsp3) is 0.0625. The van der Waals surface area contributed by atoms with E-state index in [-0.39, 0.29) is 29.4 Å². The van der Waals surface area contributed by atoms with Gasteiger partial charge in [-0.05, 0) is 72.3 Å². The quantitative estimate of drug-likeness (QED) is 0.201. The van der Waals surface area contributed by atoms with Crippen LogP contribution in [0.4, 0.5) is 10.1 Å². The summed E-state index contributed by atoms with van der Waals surface area (Å²) >= 11 is 6.15. The van der Waals surface area contributed by atoms with Crippen LogP contribution in [-0.2, 0) is 4.79 Å². The third-order valence-electron chi connectivity index (χ3n) is 6.47. The minimum atomic E-state index is -0.550. The van der Waals surface area contributed by atoms with E-state index in [1.165, 1.54) is 36.2 Å². The Morgan fingerprint density at radius 1 is 1.05 bits per heavy atom. The second kappa shape index (κ2) is 11.8. The summed E-state index contributed by atoms with van der Waals surface area (Å²) in [6, 6.07) is 24.7. The number of hydrogen-bond acceptors (Lipinski definition) is 7. The predicted octanol–water partition coefficient (Wildman–Crippen LogP) is 6.51. The highest BCUT2D eigenvalue weighted by atomic mass is 35.5. The molecule has 6 rings (SSSR count). The molecule has 2 aromatic heterocycles. The van der Waals surface area contributed by atoms with Crippen LogP contribution in [0.25, 0.3) is 33.5 Å². The lowest BCUT2D eigenvalue weighted by Crippen LogP contribution is -2.21. The number of anilines is 1. The van der Waals surface area contributed by atoms with Crippen LogP contribution in [0.15, 0.2) is 105 Å². The lowest BCUT2D eigenvalue weighted by molar-refractivity contribution is -0.118. The number of hydrogen-bond donors (Lipinski definition) is 1. The van der Waals surface area contributed by atoms with Crippen LogP contribution in [0, 0.1) is 5.82 Å². The monoisotopic (exact) mass is 596 g/mol. The van der Waals surface area contributed by atoms with Crippen LogP contribution in [0.3, 0.4) is 0 Å². The number of carbonyl (C=O) groups excluding carboxylic acids is 1. The largest absolute Gasteiger partial charge is 0.493 e. The van der Waals surface area contributed by atoms with Gasteiger partial charge in [-0.25, -0.2) is 9.37 Å². The molecule has 11 heteroatoms. The summed E-state index contributed by atoms with van der Waals surface area (Å²) in [5.41, 5.74) is 1.32. The fourth-order valence-corrected chi connectivity index (χ4v) is 4.60. The van der Waals surface area contributed by atoms with Gasteiger partial charge in [0.1, 0.15) is 11.4 Å². The summed E-state index contributed by atoms with van der Waals surface area (Å²) in [4.78, 5) is 30.5. The molecule has 214 valence electrons. The minimum Gasteiger partial charge on any atom is -0.493 e. The molecule has 0 bridgehead atoms. The van der Waals surface area contributed by atoms with Gasteiger partial charge in [0.05, 0.1) is 29.9 Å². The van der Waals surface area contributed by atoms with E-state index >= 15 is 0 Å². The summed E-state index contributed by atoms with van der Waals surface area (Å²) in [6.07, 6.45) is 1.47. The van der Waals surface area contributed by atoms with E-state index in [2.05, 4.69) is 15.4 Å². The number of rotatable bonds is 8. The molecule has 0 saturated heterocycles. The second-order valence-corrected chi connectivity index (χ2v) is 9.77. The first-order valence-electron chi connectivity index (χ1n) is 13.0. The smallest absolute Gasteiger partial charge is 0.282 e. The van der Waals surface area contributed by atoms with Gasteiger partial charge >= 0.3 is 0 Å². The maximum Gasteiger partial charge on any atom is 0.282 e. The highest BCUT2D eigenvalue weighted by Gasteiger charge is 2.17. The van der Waals surface area contributed by atoms with Gasteiger partial charge in [-0.3, -0.25) is 9.59 Å². The molecule has 0 atom stereocenters. The molecule has 0 fully saturated rings. The number of methoxy groups -OCH3 is 1. The fourth-order valence-electron chi connectivity index (χ4n) is 4.42. The first-order valence-corrected chi connectivity index (χ1v) is 13.4. The first kappa shape index (κ1) is 27.7. The molecule has 0 aliphatic rings. The summed E-state index contributed by atoms with van der Waals surface area (Å²) in [6.45, 7) is -0.373. The predicted molar refractivity (Wildman–Crippen MR) is 163 cm³/mol. The number of carbonyl (C=O) groups is 1. The van der Waals surface area contributed by atoms with Crippen LogP contribution in [0.1, 0.15) is 5.56 Å². The summed E-state index contributed by atoms with van der Waals surface area (Å²) in [5.74, 6) is 0.0647. The van der Waals surface area contributed by atoms with Gasteiger partial charge in [-0.1, -0.05) is 35.9 Å². The average molecular weight is 597 g/mol. The van der Waals surface area contributed by atoms with Gasteiger partial charge in [0.15, 0.2) is 23.9 Å². The van der Waals surface area contributed by atoms with E-state index < -0.39 is 11.7 Å². The highest BCUT2D eigenvalue weighted by molar-refractivity contribution is 6.31. The Morgan fingerprint density at radius 2 is 1.86 bits per heavy atom. The van der Waals surface area contributed by atoms with Gasteiger partial charge in [0.25, 0.3) is 11.5 Å². The maximum atomic E-state index is 13.8. The van der Waals surface area contributed by atoms with Gasteiger partial charge in [-0.15, -0.1) is 0 Å². The van der Waals surface area contributed by atoms with Gasteiger partial charge < -0.3 is 19.2 Å². The van der Waals surface area contributed by atoms with Crippen molar-refractivity contribution < 1.29 is 23.1 Å². The molecule has 6 aromatic rings. The third kappa shape index (κ3) is 5.81. The number of nitrogens with zero attached hydrogens (tertiary/aromatic N) is 3. The van der Waals surface area contributed by atoms with Gasteiger partial charge in [-0.2, -0.15) is 9.78 Å². The van der Waals surface area contributed by atoms with E-state index in [1.807, 2.05) is 0 Å². The van der Waals surface area contributed by atoms with E-state index in [4.69, 9.17) is 25.5 Å². The van der Waals surface area contributed by atoms with Crippen molar-refractivity contribution in [1.82, 2.24) is 9.66 Å². The molecule has 0 aliphatic heterocycles. The zero-order valence-corrected chi connectivity index (χ0v) is 23.3. The van der Waals surface area contributed by atoms with Gasteiger partial charge in [0, 0.05) is 10.4 Å². The van der Waals surface area contributed by atoms with Crippen molar-refractivity contribution in [3.05, 3.63) is 118 Å². The molecule has 1 amide bonds. The van der Waals surface area contributed by atoms with Crippen LogP contribution < -0.4 is 20.3 Å². The Hall–Kier alpha value is -5.48. The highest BCUT2D eigenvalue weighted by Crippen LogP contribution is 2.30. The van der Waals surface area contributed by atoms with Crippen LogP contribution in [0.5, 0.6) is 11.5 Å². The van der Waals surface area contributed by atoms with Crippen molar-refractivity contribution in [3.8, 4) is 23.1 Å². The van der Waals surface area contributed by atoms with E-state index in [9.17, 15) is 14.0 Å². The number of fused-ring (bicyclic) bond motifs is 2. The molecule has 1 N–H and O–H groups in total. The molecule has 4 aromatic carbocycles. The number of aromatic nitrogens is 2. The second-order valence-electron chi connectivity index (χ2n) is 9.33. The Bertz CT molecular complexity index is 2090. The lowest BCUT2D eigenvalue weighted by Gasteiger charge is -2.12. The topological polar surface area (TPSA) is 108 Å². The molecule has 0 radical (unpaired) electrons. The minimum absolute atomic E-state index is 0.0545. The molecule has 0 spiro atoms. The zero-order chi connectivity index (χ0) is 29.9. The number of nitrogens with one attached hydrogen (secondary N) is 1. The Balaban J connectivity index is 1.29. The van der Waals surface area contributed by atoms with E-state index in [0.717, 1.165) is 5.39 Å². The summed E-state index contributed by atoms with van der Waals surface area (Å²) in [5, 5.41) is 8.61. The molecule has 0 saturated carbocycles. The Morgan fingerprint density at radius 3 is 2.70 bits per heavy atom. The van der Waals surface area contributed by atoms with Crippen molar-refractivity contribution in [1.29, 1.82) is 0 Å². The summed E-state index contributed by atoms with van der Waals surface area (Å²) < 4.78 is 32.1. The summed E-state index contributed by atoms with van der Waals surface area (Å²) in [7, 11) is 1.45. The number of halogens is 2. The molecule has 9 nitrogen and oxygen atoms in total. The molecule has 0 aliphatic carbocycles. The standard InChI is InChI=1S/C32H22ClFN4O5/c1-41-28-14-19(10-12-27(28)42-18-30(39)36-25-9-5-3-7-23(25)34)17-35-38-31(37-24-8-4-2-6-22(24)32(38)40)29-16-20-15-21(33)11-13-26(20)43-29/h2-17H,18H2,1H3,(H,36,39). The van der Waals surface area contributed by atoms with Crippen LogP contribution in [-0.4, -0.2) is 35.5 Å². The molecular formula is C32H22ClFN4O5. The Labute approximate surface area is 248 Å². The number of ether oxygens (including phenoxy) is 2. The van der Waals surface area contributed by atoms with E-state index in [0.29, 0.717) is 38.6 Å². The van der Waals surface area contributed by atoms with E-state index in [1.54, 1.807) is 72.8 Å². The maximum absolute atomic E-state index is 13.8. The zero-order valence-electron chi connectivity index (χ0n) is 22.6. The van der Waals surface area contributed by atoms with Crippen molar-refractivity contribution in [3.63, 3.8) is 0 Å². The molecular weight excluding hydrogens is 575 g/mol. The molecule has 43 heavy (non-hydrogen) atoms. The molecule has 0 unspecified atom stereocenters. The number of furan rings is 1. The average Bonchev–Trinajstić information content (AvgIpc) is 3.44. The number of amides is 1. The SMILES string of the molecule is COc1cc(C=Nn2c(-c3cc4cc(Cl)ccc4o3)nc3ccccc3c2=O)ccc1OCC(=O)Nc1ccccc1F. The molecule has 2 heterocycles. The third-order valence-corrected chi connectivity index (χ3v) is 6.70. The lowest BCUT2D eigenvalue weighted by atomic mass is 10.2. The van der Waals surface area contributed by atoms with Crippen molar-refractivity contribution in [2.24, 2.45) is 5.10 Å². The normalized spacial score (nSPS) is 11.3. The van der Waals surface area contributed by atoms with Crippen LogP contribution in [0.2, 0.25) is 5.02 Å². The number of para-hydroxylation sites is 2. The van der Waals surface area contributed by atoms with Crippen molar-refractivity contribution in [2.45, 2.75) is 0 Å². The number of benzene rings is 4. The van der Waals surface area contributed by atoms with Gasteiger partial charge in [0.2, 0.25) is 5.82 Å². The van der Waals surface area contributed by atoms with Crippen molar-refractivity contribution >= 4 is 51.3 Å². The Kier molecular flexibility index (Phi) is 7.59. The first-order chi connectivity index (χ1) is 20.9. The van der Waals surface area contributed by atoms with Crippen LogP contribution >= 0.6 is 11.6 Å².